The number of hydrogen-bond acceptors (Lipinski definition) is 5. The number of piperazine rings is 1. The van der Waals surface area contributed by atoms with Crippen LogP contribution in [0.4, 0.5) is 13.2 Å². The van der Waals surface area contributed by atoms with Crippen molar-refractivity contribution in [1.29, 1.82) is 0 Å². The number of halogens is 3. The summed E-state index contributed by atoms with van der Waals surface area (Å²) in [7, 11) is -4.32. The fraction of sp³-hybridized carbons (Fsp3) is 0.294. The molecule has 1 saturated heterocycles. The number of sulfonamides is 1. The minimum absolute atomic E-state index is 0.00287. The van der Waals surface area contributed by atoms with Crippen molar-refractivity contribution in [2.24, 2.45) is 0 Å². The normalized spacial score (nSPS) is 16.5. The summed E-state index contributed by atoms with van der Waals surface area (Å²) in [5.41, 5.74) is 0.173. The molecule has 0 atom stereocenters. The van der Waals surface area contributed by atoms with E-state index in [9.17, 15) is 26.4 Å². The molecule has 0 N–H and O–H groups in total. The number of rotatable bonds is 4. The molecule has 154 valence electrons. The predicted molar refractivity (Wildman–Crippen MR) is 96.1 cm³/mol. The first kappa shape index (κ1) is 19.6. The van der Waals surface area contributed by atoms with Crippen molar-refractivity contribution >= 4 is 15.7 Å². The molecule has 3 heterocycles. The minimum atomic E-state index is -4.32. The Labute approximate surface area is 163 Å². The van der Waals surface area contributed by atoms with Crippen molar-refractivity contribution in [3.8, 4) is 0 Å². The highest BCUT2D eigenvalue weighted by Gasteiger charge is 2.32. The molecule has 8 nitrogen and oxygen atoms in total. The molecule has 0 spiro atoms. The van der Waals surface area contributed by atoms with Gasteiger partial charge in [-0.05, 0) is 24.3 Å². The van der Waals surface area contributed by atoms with E-state index in [-0.39, 0.29) is 38.5 Å². The third-order valence-electron chi connectivity index (χ3n) is 4.77. The Hall–Kier alpha value is -2.70. The summed E-state index contributed by atoms with van der Waals surface area (Å²) >= 11 is 0. The molecule has 0 radical (unpaired) electrons. The van der Waals surface area contributed by atoms with Gasteiger partial charge < -0.3 is 0 Å². The summed E-state index contributed by atoms with van der Waals surface area (Å²) in [6, 6.07) is 6.45. The molecule has 0 amide bonds. The maximum atomic E-state index is 13.9. The maximum Gasteiger partial charge on any atom is 0.351 e. The minimum Gasteiger partial charge on any atom is -0.282 e. The number of benzene rings is 1. The first-order chi connectivity index (χ1) is 13.8. The Morgan fingerprint density at radius 1 is 0.966 bits per heavy atom. The van der Waals surface area contributed by atoms with Gasteiger partial charge in [0, 0.05) is 32.4 Å². The Bertz CT molecular complexity index is 1230. The van der Waals surface area contributed by atoms with E-state index >= 15 is 0 Å². The molecule has 4 rings (SSSR count). The highest BCUT2D eigenvalue weighted by atomic mass is 32.2. The summed E-state index contributed by atoms with van der Waals surface area (Å²) in [5.74, 6) is -5.01. The van der Waals surface area contributed by atoms with Crippen LogP contribution in [0.25, 0.3) is 5.65 Å². The molecule has 1 fully saturated rings. The van der Waals surface area contributed by atoms with Gasteiger partial charge in [-0.1, -0.05) is 6.07 Å². The van der Waals surface area contributed by atoms with Crippen molar-refractivity contribution in [2.45, 2.75) is 11.6 Å². The lowest BCUT2D eigenvalue weighted by atomic mass is 10.3. The second kappa shape index (κ2) is 7.28. The van der Waals surface area contributed by atoms with Gasteiger partial charge in [0.1, 0.15) is 4.90 Å². The standard InChI is InChI=1S/C17H16F3N5O3S/c18-12-4-5-13(16(20)15(12)19)29(27,28)23-9-7-22(8-10-23)11-25-17(26)24-6-2-1-3-14(24)21-25/h1-6H,7-11H2. The van der Waals surface area contributed by atoms with Crippen molar-refractivity contribution in [3.05, 3.63) is 64.5 Å². The molecule has 3 aromatic rings. The highest BCUT2D eigenvalue weighted by molar-refractivity contribution is 7.89. The number of nitrogens with zero attached hydrogens (tertiary/aromatic N) is 5. The lowest BCUT2D eigenvalue weighted by molar-refractivity contribution is 0.143. The Balaban J connectivity index is 1.48. The van der Waals surface area contributed by atoms with Crippen LogP contribution >= 0.6 is 0 Å². The van der Waals surface area contributed by atoms with Gasteiger partial charge in [-0.15, -0.1) is 5.10 Å². The van der Waals surface area contributed by atoms with E-state index in [0.29, 0.717) is 17.8 Å². The van der Waals surface area contributed by atoms with Crippen LogP contribution in [0.2, 0.25) is 0 Å². The van der Waals surface area contributed by atoms with E-state index < -0.39 is 32.4 Å². The van der Waals surface area contributed by atoms with Gasteiger partial charge in [0.25, 0.3) is 0 Å². The predicted octanol–water partition coefficient (Wildman–Crippen LogP) is 0.877. The zero-order valence-corrected chi connectivity index (χ0v) is 15.8. The number of aromatic nitrogens is 3. The smallest absolute Gasteiger partial charge is 0.282 e. The zero-order valence-electron chi connectivity index (χ0n) is 15.0. The average Bonchev–Trinajstić information content (AvgIpc) is 3.02. The van der Waals surface area contributed by atoms with Crippen LogP contribution in [-0.2, 0) is 16.7 Å². The third-order valence-corrected chi connectivity index (χ3v) is 6.69. The summed E-state index contributed by atoms with van der Waals surface area (Å²) in [6.07, 6.45) is 1.60. The molecule has 0 bridgehead atoms. The molecule has 1 aliphatic heterocycles. The van der Waals surface area contributed by atoms with E-state index in [1.807, 2.05) is 4.90 Å². The molecule has 1 aromatic carbocycles. The lowest BCUT2D eigenvalue weighted by Crippen LogP contribution is -2.49. The van der Waals surface area contributed by atoms with Gasteiger partial charge >= 0.3 is 5.69 Å². The molecule has 0 aliphatic carbocycles. The summed E-state index contributed by atoms with van der Waals surface area (Å²) in [4.78, 5) is 13.2. The quantitative estimate of drug-likeness (QED) is 0.578. The first-order valence-corrected chi connectivity index (χ1v) is 10.1. The molecular formula is C17H16F3N5O3S. The van der Waals surface area contributed by atoms with Crippen molar-refractivity contribution in [1.82, 2.24) is 23.4 Å². The fourth-order valence-corrected chi connectivity index (χ4v) is 4.69. The Morgan fingerprint density at radius 2 is 1.69 bits per heavy atom. The fourth-order valence-electron chi connectivity index (χ4n) is 3.21. The summed E-state index contributed by atoms with van der Waals surface area (Å²) < 4.78 is 69.4. The second-order valence-electron chi connectivity index (χ2n) is 6.55. The van der Waals surface area contributed by atoms with Crippen molar-refractivity contribution in [2.75, 3.05) is 26.2 Å². The summed E-state index contributed by atoms with van der Waals surface area (Å²) in [5, 5.41) is 4.22. The number of hydrogen-bond donors (Lipinski definition) is 0. The second-order valence-corrected chi connectivity index (χ2v) is 8.45. The topological polar surface area (TPSA) is 79.9 Å². The lowest BCUT2D eigenvalue weighted by Gasteiger charge is -2.33. The largest absolute Gasteiger partial charge is 0.351 e. The van der Waals surface area contributed by atoms with Crippen LogP contribution in [0.15, 0.2) is 46.2 Å². The maximum absolute atomic E-state index is 13.9. The Kier molecular flexibility index (Phi) is 4.92. The number of fused-ring (bicyclic) bond motifs is 1. The van der Waals surface area contributed by atoms with Gasteiger partial charge in [0.05, 0.1) is 6.67 Å². The first-order valence-electron chi connectivity index (χ1n) is 8.69. The van der Waals surface area contributed by atoms with Crippen LogP contribution < -0.4 is 5.69 Å². The van der Waals surface area contributed by atoms with Gasteiger partial charge in [-0.3, -0.25) is 9.30 Å². The monoisotopic (exact) mass is 427 g/mol. The van der Waals surface area contributed by atoms with Crippen LogP contribution in [0.5, 0.6) is 0 Å². The zero-order chi connectivity index (χ0) is 20.8. The van der Waals surface area contributed by atoms with Crippen LogP contribution in [-0.4, -0.2) is 58.0 Å². The van der Waals surface area contributed by atoms with Gasteiger partial charge in [0.2, 0.25) is 10.0 Å². The third kappa shape index (κ3) is 3.43. The van der Waals surface area contributed by atoms with Crippen LogP contribution in [0, 0.1) is 17.5 Å². The van der Waals surface area contributed by atoms with Crippen LogP contribution in [0.1, 0.15) is 0 Å². The van der Waals surface area contributed by atoms with Crippen molar-refractivity contribution < 1.29 is 21.6 Å². The van der Waals surface area contributed by atoms with Gasteiger partial charge in [-0.2, -0.15) is 8.99 Å². The highest BCUT2D eigenvalue weighted by Crippen LogP contribution is 2.24. The molecule has 1 aliphatic rings. The molecule has 0 unspecified atom stereocenters. The van der Waals surface area contributed by atoms with Gasteiger partial charge in [0.15, 0.2) is 23.1 Å². The van der Waals surface area contributed by atoms with E-state index in [4.69, 9.17) is 0 Å². The summed E-state index contributed by atoms with van der Waals surface area (Å²) in [6.45, 7) is 0.676. The molecule has 0 saturated carbocycles. The number of pyridine rings is 1. The molecule has 12 heteroatoms. The Morgan fingerprint density at radius 3 is 2.38 bits per heavy atom. The van der Waals surface area contributed by atoms with E-state index in [1.54, 1.807) is 24.4 Å². The average molecular weight is 427 g/mol. The van der Waals surface area contributed by atoms with E-state index in [2.05, 4.69) is 5.10 Å². The molecular weight excluding hydrogens is 411 g/mol. The van der Waals surface area contributed by atoms with Crippen LogP contribution in [0.3, 0.4) is 0 Å². The van der Waals surface area contributed by atoms with E-state index in [1.165, 1.54) is 9.08 Å². The van der Waals surface area contributed by atoms with Gasteiger partial charge in [-0.25, -0.2) is 26.4 Å². The van der Waals surface area contributed by atoms with Crippen molar-refractivity contribution in [3.63, 3.8) is 0 Å². The molecule has 29 heavy (non-hydrogen) atoms. The molecule has 2 aromatic heterocycles. The SMILES string of the molecule is O=c1n(CN2CCN(S(=O)(=O)c3ccc(F)c(F)c3F)CC2)nc2ccccn12. The van der Waals surface area contributed by atoms with E-state index in [0.717, 1.165) is 4.31 Å².